The van der Waals surface area contributed by atoms with Gasteiger partial charge < -0.3 is 10.2 Å². The quantitative estimate of drug-likeness (QED) is 0.599. The van der Waals surface area contributed by atoms with Gasteiger partial charge >= 0.3 is 0 Å². The van der Waals surface area contributed by atoms with Gasteiger partial charge in [-0.2, -0.15) is 0 Å². The van der Waals surface area contributed by atoms with Gasteiger partial charge in [-0.05, 0) is 37.3 Å². The number of carbonyl (C=O) groups excluding carboxylic acids is 2. The molecule has 150 valence electrons. The van der Waals surface area contributed by atoms with Gasteiger partial charge in [-0.25, -0.2) is 0 Å². The van der Waals surface area contributed by atoms with Gasteiger partial charge in [0.05, 0.1) is 0 Å². The minimum absolute atomic E-state index is 0.0259. The molecule has 0 aliphatic carbocycles. The van der Waals surface area contributed by atoms with E-state index >= 15 is 0 Å². The Labute approximate surface area is 169 Å². The van der Waals surface area contributed by atoms with Gasteiger partial charge in [0, 0.05) is 19.5 Å². The molecule has 4 heteroatoms. The molecule has 0 saturated carbocycles. The standard InChI is InChI=1S/C24H32N2O2/c1-3-4-18-25-24(28)20(2)26(19-17-22-13-9-6-10-14-22)23(27)16-15-21-11-7-5-8-12-21/h5-14,20H,3-4,15-19H2,1-2H3,(H,25,28)/t20-/m0/s1. The Kier molecular flexibility index (Phi) is 9.26. The second kappa shape index (κ2) is 12.0. The van der Waals surface area contributed by atoms with Crippen molar-refractivity contribution in [2.75, 3.05) is 13.1 Å². The predicted molar refractivity (Wildman–Crippen MR) is 114 cm³/mol. The number of amides is 2. The zero-order valence-electron chi connectivity index (χ0n) is 17.1. The molecule has 2 aromatic carbocycles. The first-order valence-corrected chi connectivity index (χ1v) is 10.3. The highest BCUT2D eigenvalue weighted by molar-refractivity contribution is 5.87. The fourth-order valence-electron chi connectivity index (χ4n) is 3.15. The van der Waals surface area contributed by atoms with E-state index in [0.29, 0.717) is 25.9 Å². The number of nitrogens with zero attached hydrogens (tertiary/aromatic N) is 1. The number of hydrogen-bond donors (Lipinski definition) is 1. The van der Waals surface area contributed by atoms with Gasteiger partial charge in [-0.15, -0.1) is 0 Å². The summed E-state index contributed by atoms with van der Waals surface area (Å²) in [6.07, 6.45) is 3.81. The van der Waals surface area contributed by atoms with Crippen molar-refractivity contribution in [1.29, 1.82) is 0 Å². The lowest BCUT2D eigenvalue weighted by Gasteiger charge is -2.29. The summed E-state index contributed by atoms with van der Waals surface area (Å²) in [5.41, 5.74) is 2.31. The van der Waals surface area contributed by atoms with Crippen molar-refractivity contribution >= 4 is 11.8 Å². The first-order chi connectivity index (χ1) is 13.6. The highest BCUT2D eigenvalue weighted by atomic mass is 16.2. The second-order valence-electron chi connectivity index (χ2n) is 7.13. The van der Waals surface area contributed by atoms with Crippen LogP contribution in [0.4, 0.5) is 0 Å². The minimum Gasteiger partial charge on any atom is -0.354 e. The molecule has 1 N–H and O–H groups in total. The van der Waals surface area contributed by atoms with Crippen LogP contribution in [0.15, 0.2) is 60.7 Å². The van der Waals surface area contributed by atoms with Crippen LogP contribution >= 0.6 is 0 Å². The molecule has 28 heavy (non-hydrogen) atoms. The number of benzene rings is 2. The third-order valence-corrected chi connectivity index (χ3v) is 4.95. The molecular formula is C24H32N2O2. The van der Waals surface area contributed by atoms with Crippen molar-refractivity contribution in [2.24, 2.45) is 0 Å². The summed E-state index contributed by atoms with van der Waals surface area (Å²) in [6, 6.07) is 19.6. The van der Waals surface area contributed by atoms with E-state index in [2.05, 4.69) is 24.4 Å². The maximum absolute atomic E-state index is 13.0. The van der Waals surface area contributed by atoms with Crippen molar-refractivity contribution in [2.45, 2.75) is 52.0 Å². The zero-order valence-corrected chi connectivity index (χ0v) is 17.1. The number of carbonyl (C=O) groups is 2. The summed E-state index contributed by atoms with van der Waals surface area (Å²) in [4.78, 5) is 27.2. The largest absolute Gasteiger partial charge is 0.354 e. The fourth-order valence-corrected chi connectivity index (χ4v) is 3.15. The number of hydrogen-bond acceptors (Lipinski definition) is 2. The van der Waals surface area contributed by atoms with Gasteiger partial charge in [0.25, 0.3) is 0 Å². The molecule has 4 nitrogen and oxygen atoms in total. The molecule has 0 saturated heterocycles. The monoisotopic (exact) mass is 380 g/mol. The molecule has 0 aliphatic rings. The maximum Gasteiger partial charge on any atom is 0.242 e. The highest BCUT2D eigenvalue weighted by Gasteiger charge is 2.25. The van der Waals surface area contributed by atoms with E-state index in [-0.39, 0.29) is 11.8 Å². The fraction of sp³-hybridized carbons (Fsp3) is 0.417. The average molecular weight is 381 g/mol. The predicted octanol–water partition coefficient (Wildman–Crippen LogP) is 4.00. The smallest absolute Gasteiger partial charge is 0.242 e. The van der Waals surface area contributed by atoms with Crippen molar-refractivity contribution in [1.82, 2.24) is 10.2 Å². The third kappa shape index (κ3) is 7.18. The van der Waals surface area contributed by atoms with Gasteiger partial charge in [-0.1, -0.05) is 74.0 Å². The lowest BCUT2D eigenvalue weighted by molar-refractivity contribution is -0.139. The van der Waals surface area contributed by atoms with Gasteiger partial charge in [0.1, 0.15) is 6.04 Å². The van der Waals surface area contributed by atoms with Crippen LogP contribution in [0.25, 0.3) is 0 Å². The molecule has 0 bridgehead atoms. The second-order valence-corrected chi connectivity index (χ2v) is 7.13. The lowest BCUT2D eigenvalue weighted by Crippen LogP contribution is -2.49. The van der Waals surface area contributed by atoms with Crippen LogP contribution in [0.1, 0.15) is 44.2 Å². The Hall–Kier alpha value is -2.62. The lowest BCUT2D eigenvalue weighted by atomic mass is 10.1. The number of aryl methyl sites for hydroxylation is 1. The Morgan fingerprint density at radius 3 is 2.07 bits per heavy atom. The van der Waals surface area contributed by atoms with Crippen molar-refractivity contribution < 1.29 is 9.59 Å². The van der Waals surface area contributed by atoms with E-state index in [1.54, 1.807) is 4.90 Å². The summed E-state index contributed by atoms with van der Waals surface area (Å²) in [7, 11) is 0. The molecule has 0 spiro atoms. The van der Waals surface area contributed by atoms with E-state index < -0.39 is 6.04 Å². The van der Waals surface area contributed by atoms with E-state index in [0.717, 1.165) is 24.8 Å². The molecule has 1 atom stereocenters. The average Bonchev–Trinajstić information content (AvgIpc) is 2.73. The van der Waals surface area contributed by atoms with E-state index in [4.69, 9.17) is 0 Å². The van der Waals surface area contributed by atoms with E-state index in [9.17, 15) is 9.59 Å². The molecule has 0 unspecified atom stereocenters. The maximum atomic E-state index is 13.0. The van der Waals surface area contributed by atoms with Crippen LogP contribution in [0.3, 0.4) is 0 Å². The molecule has 0 fully saturated rings. The highest BCUT2D eigenvalue weighted by Crippen LogP contribution is 2.10. The van der Waals surface area contributed by atoms with E-state index in [1.165, 1.54) is 5.56 Å². The van der Waals surface area contributed by atoms with Crippen LogP contribution in [0.5, 0.6) is 0 Å². The summed E-state index contributed by atoms with van der Waals surface area (Å²) >= 11 is 0. The molecule has 0 aliphatic heterocycles. The normalized spacial score (nSPS) is 11.6. The summed E-state index contributed by atoms with van der Waals surface area (Å²) in [5.74, 6) is -0.0486. The van der Waals surface area contributed by atoms with Gasteiger partial charge in [0.15, 0.2) is 0 Å². The molecule has 0 aromatic heterocycles. The van der Waals surface area contributed by atoms with Crippen molar-refractivity contribution in [3.05, 3.63) is 71.8 Å². The molecule has 2 amide bonds. The summed E-state index contributed by atoms with van der Waals surface area (Å²) in [5, 5.41) is 2.96. The molecule has 2 aromatic rings. The molecule has 0 radical (unpaired) electrons. The molecular weight excluding hydrogens is 348 g/mol. The number of nitrogens with one attached hydrogen (secondary N) is 1. The van der Waals surface area contributed by atoms with Gasteiger partial charge in [-0.3, -0.25) is 9.59 Å². The summed E-state index contributed by atoms with van der Waals surface area (Å²) < 4.78 is 0. The Bertz CT molecular complexity index is 716. The van der Waals surface area contributed by atoms with Crippen LogP contribution in [0.2, 0.25) is 0 Å². The molecule has 2 rings (SSSR count). The number of rotatable bonds is 11. The van der Waals surface area contributed by atoms with Crippen LogP contribution in [-0.4, -0.2) is 35.8 Å². The van der Waals surface area contributed by atoms with Crippen LogP contribution in [-0.2, 0) is 22.4 Å². The van der Waals surface area contributed by atoms with Crippen molar-refractivity contribution in [3.63, 3.8) is 0 Å². The van der Waals surface area contributed by atoms with Crippen LogP contribution < -0.4 is 5.32 Å². The molecule has 0 heterocycles. The third-order valence-electron chi connectivity index (χ3n) is 4.95. The van der Waals surface area contributed by atoms with E-state index in [1.807, 2.05) is 55.5 Å². The minimum atomic E-state index is -0.469. The van der Waals surface area contributed by atoms with Crippen molar-refractivity contribution in [3.8, 4) is 0 Å². The van der Waals surface area contributed by atoms with Crippen LogP contribution in [0, 0.1) is 0 Å². The first-order valence-electron chi connectivity index (χ1n) is 10.3. The SMILES string of the molecule is CCCCNC(=O)[C@H](C)N(CCc1ccccc1)C(=O)CCc1ccccc1. The van der Waals surface area contributed by atoms with Gasteiger partial charge in [0.2, 0.25) is 11.8 Å². The Morgan fingerprint density at radius 1 is 0.929 bits per heavy atom. The first kappa shape index (κ1) is 21.7. The Morgan fingerprint density at radius 2 is 1.50 bits per heavy atom. The Balaban J connectivity index is 2.00. The number of unbranched alkanes of at least 4 members (excludes halogenated alkanes) is 1. The zero-order chi connectivity index (χ0) is 20.2. The summed E-state index contributed by atoms with van der Waals surface area (Å²) in [6.45, 7) is 5.12. The topological polar surface area (TPSA) is 49.4 Å².